The molecule has 0 saturated carbocycles. The summed E-state index contributed by atoms with van der Waals surface area (Å²) in [5, 5.41) is 0.273. The van der Waals surface area contributed by atoms with Crippen LogP contribution in [0.2, 0.25) is 0 Å². The molecule has 2 aromatic heterocycles. The summed E-state index contributed by atoms with van der Waals surface area (Å²) in [6.45, 7) is 7.52. The molecular formula is C21H24N4O3. The zero-order valence-electron chi connectivity index (χ0n) is 16.4. The van der Waals surface area contributed by atoms with Gasteiger partial charge in [-0.3, -0.25) is 14.5 Å². The molecule has 1 saturated heterocycles. The van der Waals surface area contributed by atoms with E-state index in [1.165, 1.54) is 22.0 Å². The molecule has 0 aliphatic carbocycles. The van der Waals surface area contributed by atoms with Gasteiger partial charge >= 0.3 is 0 Å². The molecule has 0 N–H and O–H groups in total. The third-order valence-electron chi connectivity index (χ3n) is 5.31. The van der Waals surface area contributed by atoms with Crippen molar-refractivity contribution in [3.05, 3.63) is 63.4 Å². The second kappa shape index (κ2) is 7.24. The van der Waals surface area contributed by atoms with Crippen LogP contribution in [0.5, 0.6) is 0 Å². The highest BCUT2D eigenvalue weighted by molar-refractivity contribution is 6.06. The van der Waals surface area contributed by atoms with Crippen LogP contribution in [0, 0.1) is 13.8 Å². The minimum Gasteiger partial charge on any atom is -0.442 e. The van der Waals surface area contributed by atoms with Crippen molar-refractivity contribution in [2.75, 3.05) is 26.2 Å². The van der Waals surface area contributed by atoms with Crippen molar-refractivity contribution in [3.63, 3.8) is 0 Å². The second-order valence-corrected chi connectivity index (χ2v) is 7.43. The smallest absolute Gasteiger partial charge is 0.265 e. The van der Waals surface area contributed by atoms with E-state index in [9.17, 15) is 9.59 Å². The number of aryl methyl sites for hydroxylation is 3. The summed E-state index contributed by atoms with van der Waals surface area (Å²) in [6.07, 6.45) is 1.41. The molecule has 1 aliphatic rings. The van der Waals surface area contributed by atoms with Crippen molar-refractivity contribution in [1.82, 2.24) is 19.4 Å². The molecule has 3 heterocycles. The van der Waals surface area contributed by atoms with Crippen LogP contribution in [0.15, 0.2) is 39.8 Å². The Bertz CT molecular complexity index is 1090. The lowest BCUT2D eigenvalue weighted by Crippen LogP contribution is -2.48. The molecule has 0 spiro atoms. The molecule has 3 aromatic rings. The van der Waals surface area contributed by atoms with Crippen molar-refractivity contribution in [3.8, 4) is 0 Å². The number of rotatable bonds is 3. The van der Waals surface area contributed by atoms with Crippen LogP contribution in [-0.4, -0.2) is 51.4 Å². The lowest BCUT2D eigenvalue weighted by atomic mass is 10.1. The second-order valence-electron chi connectivity index (χ2n) is 7.43. The Morgan fingerprint density at radius 2 is 1.93 bits per heavy atom. The molecular weight excluding hydrogens is 356 g/mol. The van der Waals surface area contributed by atoms with Crippen molar-refractivity contribution < 1.29 is 9.21 Å². The Labute approximate surface area is 163 Å². The van der Waals surface area contributed by atoms with Gasteiger partial charge in [0.25, 0.3) is 11.5 Å². The maximum atomic E-state index is 13.1. The number of nitrogens with zero attached hydrogens (tertiary/aromatic N) is 4. The average molecular weight is 380 g/mol. The van der Waals surface area contributed by atoms with Crippen LogP contribution in [-0.2, 0) is 13.6 Å². The fourth-order valence-electron chi connectivity index (χ4n) is 3.78. The van der Waals surface area contributed by atoms with Crippen LogP contribution in [0.3, 0.4) is 0 Å². The number of aromatic nitrogens is 2. The third kappa shape index (κ3) is 3.33. The first-order valence-corrected chi connectivity index (χ1v) is 9.46. The minimum atomic E-state index is -0.261. The Morgan fingerprint density at radius 3 is 2.64 bits per heavy atom. The van der Waals surface area contributed by atoms with E-state index in [1.54, 1.807) is 18.9 Å². The van der Waals surface area contributed by atoms with Gasteiger partial charge in [0, 0.05) is 39.8 Å². The van der Waals surface area contributed by atoms with Gasteiger partial charge in [-0.2, -0.15) is 0 Å². The maximum absolute atomic E-state index is 13.1. The van der Waals surface area contributed by atoms with E-state index in [0.29, 0.717) is 24.4 Å². The number of furan rings is 1. The van der Waals surface area contributed by atoms with Gasteiger partial charge in [0.1, 0.15) is 17.5 Å². The lowest BCUT2D eigenvalue weighted by Gasteiger charge is -2.34. The molecule has 7 nitrogen and oxygen atoms in total. The van der Waals surface area contributed by atoms with Gasteiger partial charge in [-0.05, 0) is 19.4 Å². The van der Waals surface area contributed by atoms with E-state index in [2.05, 4.69) is 41.1 Å². The number of fused-ring (bicyclic) bond motifs is 1. The number of carbonyl (C=O) groups is 1. The highest BCUT2D eigenvalue weighted by Gasteiger charge is 2.28. The number of hydrogen-bond acceptors (Lipinski definition) is 5. The van der Waals surface area contributed by atoms with E-state index >= 15 is 0 Å². The molecule has 7 heteroatoms. The molecule has 0 bridgehead atoms. The molecule has 146 valence electrons. The SMILES string of the molecule is Cc1cccc(CN2CCN(C(=O)c3c(C)oc4ncn(C)c(=O)c34)CC2)c1. The quantitative estimate of drug-likeness (QED) is 0.696. The van der Waals surface area contributed by atoms with E-state index in [-0.39, 0.29) is 22.6 Å². The first-order chi connectivity index (χ1) is 13.4. The van der Waals surface area contributed by atoms with E-state index in [4.69, 9.17) is 4.42 Å². The van der Waals surface area contributed by atoms with Crippen LogP contribution in [0.25, 0.3) is 11.1 Å². The number of benzene rings is 1. The highest BCUT2D eigenvalue weighted by Crippen LogP contribution is 2.23. The number of piperazine rings is 1. The summed E-state index contributed by atoms with van der Waals surface area (Å²) < 4.78 is 6.94. The number of amides is 1. The zero-order valence-corrected chi connectivity index (χ0v) is 16.4. The fourth-order valence-corrected chi connectivity index (χ4v) is 3.78. The minimum absolute atomic E-state index is 0.156. The first kappa shape index (κ1) is 18.4. The largest absolute Gasteiger partial charge is 0.442 e. The molecule has 1 aromatic carbocycles. The molecule has 4 rings (SSSR count). The van der Waals surface area contributed by atoms with E-state index in [0.717, 1.165) is 19.6 Å². The van der Waals surface area contributed by atoms with Crippen molar-refractivity contribution in [2.24, 2.45) is 7.05 Å². The maximum Gasteiger partial charge on any atom is 0.265 e. The molecule has 0 unspecified atom stereocenters. The van der Waals surface area contributed by atoms with E-state index < -0.39 is 0 Å². The first-order valence-electron chi connectivity index (χ1n) is 9.46. The number of hydrogen-bond donors (Lipinski definition) is 0. The highest BCUT2D eigenvalue weighted by atomic mass is 16.3. The third-order valence-corrected chi connectivity index (χ3v) is 5.31. The van der Waals surface area contributed by atoms with Crippen LogP contribution in [0.4, 0.5) is 0 Å². The summed E-state index contributed by atoms with van der Waals surface area (Å²) >= 11 is 0. The molecule has 1 amide bonds. The summed E-state index contributed by atoms with van der Waals surface area (Å²) in [6, 6.07) is 8.50. The van der Waals surface area contributed by atoms with Crippen LogP contribution in [0.1, 0.15) is 27.2 Å². The van der Waals surface area contributed by atoms with Gasteiger partial charge in [-0.15, -0.1) is 0 Å². The van der Waals surface area contributed by atoms with Gasteiger partial charge in [0.15, 0.2) is 0 Å². The van der Waals surface area contributed by atoms with Crippen LogP contribution >= 0.6 is 0 Å². The fraction of sp³-hybridized carbons (Fsp3) is 0.381. The van der Waals surface area contributed by atoms with Crippen LogP contribution < -0.4 is 5.56 Å². The van der Waals surface area contributed by atoms with Gasteiger partial charge in [-0.25, -0.2) is 4.98 Å². The zero-order chi connectivity index (χ0) is 19.8. The number of carbonyl (C=O) groups excluding carboxylic acids is 1. The normalized spacial score (nSPS) is 15.3. The van der Waals surface area contributed by atoms with Gasteiger partial charge in [-0.1, -0.05) is 29.8 Å². The van der Waals surface area contributed by atoms with Crippen molar-refractivity contribution >= 4 is 17.0 Å². The molecule has 1 aliphatic heterocycles. The summed E-state index contributed by atoms with van der Waals surface area (Å²) in [5.74, 6) is 0.287. The molecule has 28 heavy (non-hydrogen) atoms. The predicted molar refractivity (Wildman–Crippen MR) is 106 cm³/mol. The van der Waals surface area contributed by atoms with Gasteiger partial charge < -0.3 is 13.9 Å². The van der Waals surface area contributed by atoms with Crippen molar-refractivity contribution in [1.29, 1.82) is 0 Å². The summed E-state index contributed by atoms with van der Waals surface area (Å²) in [5.41, 5.74) is 2.84. The van der Waals surface area contributed by atoms with E-state index in [1.807, 2.05) is 0 Å². The molecule has 0 atom stereocenters. The van der Waals surface area contributed by atoms with Gasteiger partial charge in [0.05, 0.1) is 5.56 Å². The lowest BCUT2D eigenvalue weighted by molar-refractivity contribution is 0.0628. The standard InChI is InChI=1S/C21H24N4O3/c1-14-5-4-6-16(11-14)12-24-7-9-25(10-8-24)21(27)17-15(2)28-19-18(17)20(26)23(3)13-22-19/h4-6,11,13H,7-10,12H2,1-3H3. The van der Waals surface area contributed by atoms with Crippen molar-refractivity contribution in [2.45, 2.75) is 20.4 Å². The Morgan fingerprint density at radius 1 is 1.18 bits per heavy atom. The predicted octanol–water partition coefficient (Wildman–Crippen LogP) is 2.10. The Hall–Kier alpha value is -2.93. The Balaban J connectivity index is 1.50. The average Bonchev–Trinajstić information content (AvgIpc) is 3.01. The monoisotopic (exact) mass is 380 g/mol. The molecule has 1 fully saturated rings. The molecule has 0 radical (unpaired) electrons. The van der Waals surface area contributed by atoms with Gasteiger partial charge in [0.2, 0.25) is 5.71 Å². The Kier molecular flexibility index (Phi) is 4.77. The topological polar surface area (TPSA) is 71.6 Å². The summed E-state index contributed by atoms with van der Waals surface area (Å²) in [4.78, 5) is 33.9. The summed E-state index contributed by atoms with van der Waals surface area (Å²) in [7, 11) is 1.62.